The van der Waals surface area contributed by atoms with E-state index in [1.54, 1.807) is 6.08 Å². The first kappa shape index (κ1) is 18.5. The van der Waals surface area contributed by atoms with Crippen LogP contribution in [0, 0.1) is 0 Å². The number of ether oxygens (including phenoxy) is 1. The van der Waals surface area contributed by atoms with Crippen molar-refractivity contribution in [3.05, 3.63) is 107 Å². The Labute approximate surface area is 169 Å². The Morgan fingerprint density at radius 3 is 2.07 bits per heavy atom. The molecular weight excluding hydrogens is 364 g/mol. The number of nitrogens with zero attached hydrogens (tertiary/aromatic N) is 1. The summed E-state index contributed by atoms with van der Waals surface area (Å²) in [7, 11) is 0. The van der Waals surface area contributed by atoms with Gasteiger partial charge in [-0.3, -0.25) is 9.69 Å². The fourth-order valence-electron chi connectivity index (χ4n) is 3.05. The molecular formula is C24H20N2O3. The molecule has 144 valence electrons. The Hall–Kier alpha value is -3.86. The quantitative estimate of drug-likeness (QED) is 0.507. The fraction of sp³-hybridized carbons (Fsp3) is 0.0833. The Morgan fingerprint density at radius 1 is 0.793 bits per heavy atom. The van der Waals surface area contributed by atoms with E-state index in [0.29, 0.717) is 6.61 Å². The summed E-state index contributed by atoms with van der Waals surface area (Å²) >= 11 is 0. The Kier molecular flexibility index (Phi) is 5.38. The highest BCUT2D eigenvalue weighted by atomic mass is 16.5. The van der Waals surface area contributed by atoms with Crippen molar-refractivity contribution in [3.8, 4) is 5.75 Å². The topological polar surface area (TPSA) is 58.6 Å². The van der Waals surface area contributed by atoms with Gasteiger partial charge in [-0.25, -0.2) is 4.79 Å². The molecule has 0 radical (unpaired) electrons. The van der Waals surface area contributed by atoms with E-state index < -0.39 is 6.03 Å². The summed E-state index contributed by atoms with van der Waals surface area (Å²) in [6, 6.07) is 26.4. The highest BCUT2D eigenvalue weighted by Gasteiger charge is 2.33. The van der Waals surface area contributed by atoms with Gasteiger partial charge in [-0.1, -0.05) is 72.8 Å². The van der Waals surface area contributed by atoms with Gasteiger partial charge in [0, 0.05) is 0 Å². The van der Waals surface area contributed by atoms with Crippen LogP contribution in [-0.4, -0.2) is 16.8 Å². The average molecular weight is 384 g/mol. The summed E-state index contributed by atoms with van der Waals surface area (Å²) < 4.78 is 5.77. The van der Waals surface area contributed by atoms with Crippen molar-refractivity contribution in [2.24, 2.45) is 0 Å². The molecule has 1 heterocycles. The van der Waals surface area contributed by atoms with Crippen LogP contribution in [0.4, 0.5) is 4.79 Å². The van der Waals surface area contributed by atoms with Crippen molar-refractivity contribution in [2.45, 2.75) is 13.2 Å². The van der Waals surface area contributed by atoms with Crippen molar-refractivity contribution < 1.29 is 14.3 Å². The van der Waals surface area contributed by atoms with Gasteiger partial charge < -0.3 is 10.1 Å². The molecule has 0 spiro atoms. The standard InChI is InChI=1S/C24H20N2O3/c27-23-22(25-24(28)26(23)16-19-7-3-1-4-8-19)15-18-11-13-21(14-12-18)29-17-20-9-5-2-6-10-20/h1-15H,16-17H2,(H,25,28)/b22-15+. The van der Waals surface area contributed by atoms with E-state index in [1.807, 2.05) is 84.9 Å². The number of hydrogen-bond acceptors (Lipinski definition) is 3. The van der Waals surface area contributed by atoms with Crippen LogP contribution in [0.1, 0.15) is 16.7 Å². The minimum Gasteiger partial charge on any atom is -0.489 e. The maximum Gasteiger partial charge on any atom is 0.329 e. The second-order valence-electron chi connectivity index (χ2n) is 6.71. The van der Waals surface area contributed by atoms with Gasteiger partial charge in [-0.05, 0) is 34.9 Å². The SMILES string of the molecule is O=C1N/C(=C/c2ccc(OCc3ccccc3)cc2)C(=O)N1Cc1ccccc1. The second-order valence-corrected chi connectivity index (χ2v) is 6.71. The van der Waals surface area contributed by atoms with Gasteiger partial charge in [0.05, 0.1) is 6.54 Å². The largest absolute Gasteiger partial charge is 0.489 e. The normalized spacial score (nSPS) is 14.9. The van der Waals surface area contributed by atoms with E-state index in [9.17, 15) is 9.59 Å². The molecule has 0 unspecified atom stereocenters. The van der Waals surface area contributed by atoms with Crippen molar-refractivity contribution in [3.63, 3.8) is 0 Å². The fourth-order valence-corrected chi connectivity index (χ4v) is 3.05. The van der Waals surface area contributed by atoms with Crippen LogP contribution in [0.2, 0.25) is 0 Å². The van der Waals surface area contributed by atoms with Crippen LogP contribution in [0.25, 0.3) is 6.08 Å². The number of carbonyl (C=O) groups is 2. The number of urea groups is 1. The molecule has 0 bridgehead atoms. The minimum atomic E-state index is -0.409. The lowest BCUT2D eigenvalue weighted by Gasteiger charge is -2.11. The Bertz CT molecular complexity index is 1030. The van der Waals surface area contributed by atoms with Crippen molar-refractivity contribution >= 4 is 18.0 Å². The molecule has 1 fully saturated rings. The van der Waals surface area contributed by atoms with Crippen LogP contribution in [0.3, 0.4) is 0 Å². The van der Waals surface area contributed by atoms with Gasteiger partial charge in [0.25, 0.3) is 5.91 Å². The predicted molar refractivity (Wildman–Crippen MR) is 111 cm³/mol. The molecule has 0 saturated carbocycles. The number of amides is 3. The van der Waals surface area contributed by atoms with Crippen LogP contribution in [0.5, 0.6) is 5.75 Å². The summed E-state index contributed by atoms with van der Waals surface area (Å²) in [5.41, 5.74) is 3.07. The van der Waals surface area contributed by atoms with E-state index in [-0.39, 0.29) is 18.1 Å². The molecule has 4 rings (SSSR count). The number of nitrogens with one attached hydrogen (secondary N) is 1. The third-order valence-electron chi connectivity index (χ3n) is 4.59. The molecule has 0 atom stereocenters. The molecule has 0 aromatic heterocycles. The summed E-state index contributed by atoms with van der Waals surface area (Å²) in [5, 5.41) is 2.65. The number of benzene rings is 3. The van der Waals surface area contributed by atoms with Gasteiger partial charge in [0.15, 0.2) is 0 Å². The third kappa shape index (κ3) is 4.52. The van der Waals surface area contributed by atoms with Gasteiger partial charge in [-0.15, -0.1) is 0 Å². The number of imide groups is 1. The smallest absolute Gasteiger partial charge is 0.329 e. The van der Waals surface area contributed by atoms with Gasteiger partial charge in [0.1, 0.15) is 18.1 Å². The summed E-state index contributed by atoms with van der Waals surface area (Å²) in [6.45, 7) is 0.735. The molecule has 5 heteroatoms. The van der Waals surface area contributed by atoms with E-state index in [1.165, 1.54) is 4.90 Å². The molecule has 3 aromatic rings. The zero-order valence-corrected chi connectivity index (χ0v) is 15.7. The summed E-state index contributed by atoms with van der Waals surface area (Å²) in [6.07, 6.45) is 1.67. The Balaban J connectivity index is 1.41. The zero-order valence-electron chi connectivity index (χ0n) is 15.7. The summed E-state index contributed by atoms with van der Waals surface area (Å²) in [4.78, 5) is 26.0. The minimum absolute atomic E-state index is 0.245. The number of carbonyl (C=O) groups excluding carboxylic acids is 2. The van der Waals surface area contributed by atoms with Gasteiger partial charge >= 0.3 is 6.03 Å². The Morgan fingerprint density at radius 2 is 1.41 bits per heavy atom. The molecule has 29 heavy (non-hydrogen) atoms. The first-order chi connectivity index (χ1) is 14.2. The molecule has 1 aliphatic rings. The van der Waals surface area contributed by atoms with E-state index in [4.69, 9.17) is 4.74 Å². The average Bonchev–Trinajstić information content (AvgIpc) is 3.02. The second kappa shape index (κ2) is 8.44. The highest BCUT2D eigenvalue weighted by molar-refractivity contribution is 6.13. The van der Waals surface area contributed by atoms with Crippen LogP contribution >= 0.6 is 0 Å². The number of rotatable bonds is 6. The van der Waals surface area contributed by atoms with Crippen LogP contribution in [0.15, 0.2) is 90.6 Å². The zero-order chi connectivity index (χ0) is 20.1. The summed E-state index contributed by atoms with van der Waals surface area (Å²) in [5.74, 6) is 0.409. The maximum atomic E-state index is 12.6. The molecule has 1 aliphatic heterocycles. The predicted octanol–water partition coefficient (Wildman–Crippen LogP) is 4.36. The lowest BCUT2D eigenvalue weighted by atomic mass is 10.1. The third-order valence-corrected chi connectivity index (χ3v) is 4.59. The van der Waals surface area contributed by atoms with Gasteiger partial charge in [-0.2, -0.15) is 0 Å². The lowest BCUT2D eigenvalue weighted by Crippen LogP contribution is -2.30. The molecule has 3 amide bonds. The monoisotopic (exact) mass is 384 g/mol. The van der Waals surface area contributed by atoms with Gasteiger partial charge in [0.2, 0.25) is 0 Å². The van der Waals surface area contributed by atoms with E-state index in [2.05, 4.69) is 5.32 Å². The first-order valence-corrected chi connectivity index (χ1v) is 9.34. The maximum absolute atomic E-state index is 12.6. The van der Waals surface area contributed by atoms with Crippen LogP contribution < -0.4 is 10.1 Å². The number of hydrogen-bond donors (Lipinski definition) is 1. The molecule has 3 aromatic carbocycles. The van der Waals surface area contributed by atoms with E-state index in [0.717, 1.165) is 22.4 Å². The van der Waals surface area contributed by atoms with Crippen LogP contribution in [-0.2, 0) is 17.9 Å². The van der Waals surface area contributed by atoms with Crippen molar-refractivity contribution in [1.82, 2.24) is 10.2 Å². The highest BCUT2D eigenvalue weighted by Crippen LogP contribution is 2.19. The molecule has 1 saturated heterocycles. The molecule has 0 aliphatic carbocycles. The van der Waals surface area contributed by atoms with E-state index >= 15 is 0 Å². The van der Waals surface area contributed by atoms with Crippen molar-refractivity contribution in [1.29, 1.82) is 0 Å². The first-order valence-electron chi connectivity index (χ1n) is 9.34. The molecule has 5 nitrogen and oxygen atoms in total. The van der Waals surface area contributed by atoms with Crippen molar-refractivity contribution in [2.75, 3.05) is 0 Å². The molecule has 1 N–H and O–H groups in total. The lowest BCUT2D eigenvalue weighted by molar-refractivity contribution is -0.123.